The van der Waals surface area contributed by atoms with Crippen molar-refractivity contribution in [2.45, 2.75) is 31.8 Å². The molecule has 0 amide bonds. The highest BCUT2D eigenvalue weighted by molar-refractivity contribution is 7.89. The zero-order chi connectivity index (χ0) is 15.5. The number of hydrogen-bond acceptors (Lipinski definition) is 5. The zero-order valence-electron chi connectivity index (χ0n) is 12.4. The van der Waals surface area contributed by atoms with Gasteiger partial charge in [-0.1, -0.05) is 6.92 Å². The predicted molar refractivity (Wildman–Crippen MR) is 83.7 cm³/mol. The highest BCUT2D eigenvalue weighted by atomic mass is 32.2. The fourth-order valence-electron chi connectivity index (χ4n) is 2.02. The van der Waals surface area contributed by atoms with Gasteiger partial charge in [-0.25, -0.2) is 13.1 Å². The monoisotopic (exact) mass is 328 g/mol. The van der Waals surface area contributed by atoms with E-state index in [1.165, 1.54) is 11.3 Å². The first-order valence-electron chi connectivity index (χ1n) is 6.69. The van der Waals surface area contributed by atoms with Gasteiger partial charge < -0.3 is 5.32 Å². The zero-order valence-corrected chi connectivity index (χ0v) is 14.0. The summed E-state index contributed by atoms with van der Waals surface area (Å²) < 4.78 is 29.3. The fourth-order valence-corrected chi connectivity index (χ4v) is 4.82. The molecule has 2 rings (SSSR count). The van der Waals surface area contributed by atoms with Crippen LogP contribution in [0.1, 0.15) is 22.9 Å². The minimum atomic E-state index is -3.51. The molecule has 0 spiro atoms. The molecule has 0 aliphatic rings. The molecule has 0 aromatic carbocycles. The molecular weight excluding hydrogens is 308 g/mol. The molecule has 0 aliphatic heterocycles. The number of sulfonamides is 1. The lowest BCUT2D eigenvalue weighted by molar-refractivity contribution is 0.579. The summed E-state index contributed by atoms with van der Waals surface area (Å²) >= 11 is 1.47. The minimum Gasteiger partial charge on any atom is -0.312 e. The Morgan fingerprint density at radius 3 is 2.76 bits per heavy atom. The topological polar surface area (TPSA) is 76.0 Å². The van der Waals surface area contributed by atoms with Crippen LogP contribution in [0.5, 0.6) is 0 Å². The second kappa shape index (κ2) is 6.69. The third-order valence-corrected chi connectivity index (χ3v) is 5.88. The second-order valence-electron chi connectivity index (χ2n) is 4.80. The van der Waals surface area contributed by atoms with Crippen molar-refractivity contribution in [2.24, 2.45) is 7.05 Å². The lowest BCUT2D eigenvalue weighted by Gasteiger charge is -2.09. The highest BCUT2D eigenvalue weighted by Crippen LogP contribution is 2.26. The fraction of sp³-hybridized carbons (Fsp3) is 0.462. The Hall–Kier alpha value is -1.22. The first-order valence-corrected chi connectivity index (χ1v) is 9.05. The van der Waals surface area contributed by atoms with Gasteiger partial charge in [-0.2, -0.15) is 5.10 Å². The molecule has 0 fully saturated rings. The van der Waals surface area contributed by atoms with Gasteiger partial charge in [0, 0.05) is 36.8 Å². The Labute approximate surface area is 129 Å². The molecule has 2 aromatic rings. The molecule has 6 nitrogen and oxygen atoms in total. The van der Waals surface area contributed by atoms with Crippen molar-refractivity contribution in [3.63, 3.8) is 0 Å². The van der Waals surface area contributed by atoms with Crippen molar-refractivity contribution in [1.82, 2.24) is 19.8 Å². The van der Waals surface area contributed by atoms with Gasteiger partial charge in [0.2, 0.25) is 10.0 Å². The number of thiophene rings is 1. The van der Waals surface area contributed by atoms with E-state index < -0.39 is 10.0 Å². The summed E-state index contributed by atoms with van der Waals surface area (Å²) in [6.07, 6.45) is 3.45. The predicted octanol–water partition coefficient (Wildman–Crippen LogP) is 1.38. The van der Waals surface area contributed by atoms with Gasteiger partial charge in [0.1, 0.15) is 4.90 Å². The molecule has 116 valence electrons. The van der Waals surface area contributed by atoms with Crippen LogP contribution in [0.2, 0.25) is 0 Å². The van der Waals surface area contributed by atoms with Crippen LogP contribution in [0.4, 0.5) is 0 Å². The smallest absolute Gasteiger partial charge is 0.242 e. The van der Waals surface area contributed by atoms with Crippen LogP contribution < -0.4 is 10.0 Å². The summed E-state index contributed by atoms with van der Waals surface area (Å²) in [5, 5.41) is 9.08. The van der Waals surface area contributed by atoms with Crippen LogP contribution in [0, 0.1) is 6.92 Å². The molecule has 2 heterocycles. The Kier molecular flexibility index (Phi) is 5.15. The van der Waals surface area contributed by atoms with E-state index in [1.54, 1.807) is 24.1 Å². The van der Waals surface area contributed by atoms with Crippen molar-refractivity contribution in [3.05, 3.63) is 33.8 Å². The van der Waals surface area contributed by atoms with E-state index in [0.717, 1.165) is 22.5 Å². The lowest BCUT2D eigenvalue weighted by Crippen LogP contribution is -2.25. The summed E-state index contributed by atoms with van der Waals surface area (Å²) in [6, 6.07) is 0. The Morgan fingerprint density at radius 2 is 2.14 bits per heavy atom. The molecule has 21 heavy (non-hydrogen) atoms. The summed E-state index contributed by atoms with van der Waals surface area (Å²) in [6.45, 7) is 5.43. The number of hydrogen-bond donors (Lipinski definition) is 2. The molecule has 8 heteroatoms. The Balaban J connectivity index is 2.17. The van der Waals surface area contributed by atoms with Crippen molar-refractivity contribution >= 4 is 21.4 Å². The molecule has 0 aliphatic carbocycles. The Bertz CT molecular complexity index is 704. The molecular formula is C13H20N4O2S2. The van der Waals surface area contributed by atoms with Crippen LogP contribution in [-0.2, 0) is 30.2 Å². The quantitative estimate of drug-likeness (QED) is 0.805. The molecule has 0 radical (unpaired) electrons. The summed E-state index contributed by atoms with van der Waals surface area (Å²) in [7, 11) is -1.71. The van der Waals surface area contributed by atoms with Gasteiger partial charge in [0.15, 0.2) is 0 Å². The van der Waals surface area contributed by atoms with Gasteiger partial charge in [-0.05, 0) is 24.4 Å². The largest absolute Gasteiger partial charge is 0.312 e. The molecule has 0 saturated heterocycles. The second-order valence-corrected chi connectivity index (χ2v) is 7.47. The van der Waals surface area contributed by atoms with E-state index in [0.29, 0.717) is 11.4 Å². The van der Waals surface area contributed by atoms with E-state index in [1.807, 2.05) is 19.2 Å². The molecule has 0 atom stereocenters. The number of rotatable bonds is 7. The van der Waals surface area contributed by atoms with Crippen molar-refractivity contribution in [3.8, 4) is 0 Å². The van der Waals surface area contributed by atoms with E-state index in [9.17, 15) is 8.42 Å². The Morgan fingerprint density at radius 1 is 1.38 bits per heavy atom. The van der Waals surface area contributed by atoms with E-state index in [2.05, 4.69) is 15.1 Å². The maximum Gasteiger partial charge on any atom is 0.242 e. The average Bonchev–Trinajstić information content (AvgIpc) is 3.00. The highest BCUT2D eigenvalue weighted by Gasteiger charge is 2.22. The van der Waals surface area contributed by atoms with E-state index in [-0.39, 0.29) is 6.54 Å². The van der Waals surface area contributed by atoms with Crippen molar-refractivity contribution in [1.29, 1.82) is 0 Å². The van der Waals surface area contributed by atoms with E-state index in [4.69, 9.17) is 0 Å². The maximum absolute atomic E-state index is 12.5. The number of nitrogens with one attached hydrogen (secondary N) is 2. The van der Waals surface area contributed by atoms with Crippen LogP contribution in [0.3, 0.4) is 0 Å². The number of aromatic nitrogens is 2. The van der Waals surface area contributed by atoms with Gasteiger partial charge in [0.25, 0.3) is 0 Å². The summed E-state index contributed by atoms with van der Waals surface area (Å²) in [4.78, 5) is 1.24. The minimum absolute atomic E-state index is 0.242. The van der Waals surface area contributed by atoms with Gasteiger partial charge in [-0.15, -0.1) is 11.3 Å². The van der Waals surface area contributed by atoms with Crippen LogP contribution in [0.25, 0.3) is 0 Å². The maximum atomic E-state index is 12.5. The van der Waals surface area contributed by atoms with Crippen LogP contribution in [0.15, 0.2) is 22.7 Å². The molecule has 2 aromatic heterocycles. The van der Waals surface area contributed by atoms with Crippen LogP contribution >= 0.6 is 11.3 Å². The molecule has 0 unspecified atom stereocenters. The van der Waals surface area contributed by atoms with Gasteiger partial charge >= 0.3 is 0 Å². The standard InChI is InChI=1S/C13H20N4O2S2/c1-4-14-7-12-13(10(2)9-20-12)21(18,19)16-6-11-5-15-17(3)8-11/h5,8-9,14,16H,4,6-7H2,1-3H3. The first kappa shape index (κ1) is 16.2. The third kappa shape index (κ3) is 3.91. The molecule has 0 saturated carbocycles. The first-order chi connectivity index (χ1) is 9.94. The molecule has 0 bridgehead atoms. The average molecular weight is 328 g/mol. The molecule has 2 N–H and O–H groups in total. The van der Waals surface area contributed by atoms with Crippen molar-refractivity contribution < 1.29 is 8.42 Å². The van der Waals surface area contributed by atoms with Crippen molar-refractivity contribution in [2.75, 3.05) is 6.54 Å². The number of aryl methyl sites for hydroxylation is 2. The van der Waals surface area contributed by atoms with Gasteiger partial charge in [0.05, 0.1) is 6.20 Å². The SMILES string of the molecule is CCNCc1scc(C)c1S(=O)(=O)NCc1cnn(C)c1. The summed E-state index contributed by atoms with van der Waals surface area (Å²) in [5.41, 5.74) is 1.62. The summed E-state index contributed by atoms with van der Waals surface area (Å²) in [5.74, 6) is 0. The normalized spacial score (nSPS) is 12.0. The van der Waals surface area contributed by atoms with E-state index >= 15 is 0 Å². The van der Waals surface area contributed by atoms with Crippen LogP contribution in [-0.4, -0.2) is 24.7 Å². The van der Waals surface area contributed by atoms with Gasteiger partial charge in [-0.3, -0.25) is 4.68 Å². The third-order valence-electron chi connectivity index (χ3n) is 3.02. The lowest BCUT2D eigenvalue weighted by atomic mass is 10.3. The number of nitrogens with zero attached hydrogens (tertiary/aromatic N) is 2.